The van der Waals surface area contributed by atoms with Crippen molar-refractivity contribution in [3.8, 4) is 0 Å². The van der Waals surface area contributed by atoms with Crippen LogP contribution in [0, 0.1) is 0 Å². The number of hydrogen-bond donors (Lipinski definition) is 2. The van der Waals surface area contributed by atoms with Gasteiger partial charge in [0.2, 0.25) is 0 Å². The number of halogens is 1. The van der Waals surface area contributed by atoms with E-state index in [0.717, 1.165) is 18.4 Å². The van der Waals surface area contributed by atoms with Gasteiger partial charge in [-0.25, -0.2) is 0 Å². The van der Waals surface area contributed by atoms with Crippen LogP contribution in [-0.2, 0) is 0 Å². The first-order chi connectivity index (χ1) is 7.15. The molecule has 0 heterocycles. The van der Waals surface area contributed by atoms with Crippen LogP contribution < -0.4 is 0 Å². The lowest BCUT2D eigenvalue weighted by molar-refractivity contribution is 0.171. The van der Waals surface area contributed by atoms with Crippen molar-refractivity contribution in [2.45, 2.75) is 36.5 Å². The van der Waals surface area contributed by atoms with Gasteiger partial charge in [0.1, 0.15) is 0 Å². The first kappa shape index (κ1) is 12.9. The summed E-state index contributed by atoms with van der Waals surface area (Å²) in [4.78, 5) is 0. The molecule has 15 heavy (non-hydrogen) atoms. The average molecular weight is 245 g/mol. The highest BCUT2D eigenvalue weighted by Gasteiger charge is 2.19. The molecule has 3 unspecified atom stereocenters. The van der Waals surface area contributed by atoms with Crippen LogP contribution in [0.2, 0.25) is 0 Å². The standard InChI is InChI=1S/C12H17ClOS/c1-2-10(13)8-11(15)12(14)9-6-4-3-5-7-9/h3-7,10-12,14-15H,2,8H2,1H3. The van der Waals surface area contributed by atoms with Gasteiger partial charge in [0.15, 0.2) is 0 Å². The first-order valence-electron chi connectivity index (χ1n) is 5.20. The highest BCUT2D eigenvalue weighted by molar-refractivity contribution is 7.81. The summed E-state index contributed by atoms with van der Waals surface area (Å²) < 4.78 is 0. The number of hydrogen-bond acceptors (Lipinski definition) is 2. The molecule has 0 aromatic heterocycles. The molecular formula is C12H17ClOS. The second-order valence-corrected chi connectivity index (χ2v) is 4.94. The monoisotopic (exact) mass is 244 g/mol. The molecule has 0 radical (unpaired) electrons. The Balaban J connectivity index is 2.57. The molecule has 0 fully saturated rings. The van der Waals surface area contributed by atoms with Crippen LogP contribution >= 0.6 is 24.2 Å². The highest BCUT2D eigenvalue weighted by atomic mass is 35.5. The maximum Gasteiger partial charge on any atom is 0.0906 e. The Kier molecular flexibility index (Phi) is 5.51. The molecule has 0 bridgehead atoms. The Bertz CT molecular complexity index is 278. The molecule has 0 amide bonds. The maximum atomic E-state index is 10.00. The molecule has 0 aliphatic heterocycles. The van der Waals surface area contributed by atoms with Crippen molar-refractivity contribution in [2.24, 2.45) is 0 Å². The highest BCUT2D eigenvalue weighted by Crippen LogP contribution is 2.26. The van der Waals surface area contributed by atoms with Crippen LogP contribution in [0.25, 0.3) is 0 Å². The van der Waals surface area contributed by atoms with Gasteiger partial charge in [-0.2, -0.15) is 12.6 Å². The van der Waals surface area contributed by atoms with Gasteiger partial charge in [0, 0.05) is 10.6 Å². The summed E-state index contributed by atoms with van der Waals surface area (Å²) >= 11 is 10.4. The van der Waals surface area contributed by atoms with E-state index in [1.807, 2.05) is 37.3 Å². The minimum atomic E-state index is -0.540. The Morgan fingerprint density at radius 2 is 1.93 bits per heavy atom. The molecule has 1 rings (SSSR count). The number of aliphatic hydroxyl groups is 1. The molecule has 3 heteroatoms. The molecule has 0 aliphatic rings. The molecule has 84 valence electrons. The summed E-state index contributed by atoms with van der Waals surface area (Å²) in [6, 6.07) is 9.57. The van der Waals surface area contributed by atoms with E-state index in [1.165, 1.54) is 0 Å². The van der Waals surface area contributed by atoms with Crippen LogP contribution in [0.4, 0.5) is 0 Å². The predicted octanol–water partition coefficient (Wildman–Crippen LogP) is 3.43. The zero-order valence-corrected chi connectivity index (χ0v) is 10.5. The molecule has 1 N–H and O–H groups in total. The van der Waals surface area contributed by atoms with E-state index in [0.29, 0.717) is 0 Å². The van der Waals surface area contributed by atoms with E-state index in [2.05, 4.69) is 12.6 Å². The fourth-order valence-corrected chi connectivity index (χ4v) is 2.17. The SMILES string of the molecule is CCC(Cl)CC(S)C(O)c1ccccc1. The van der Waals surface area contributed by atoms with E-state index in [1.54, 1.807) is 0 Å². The number of thiol groups is 1. The second kappa shape index (κ2) is 6.41. The first-order valence-corrected chi connectivity index (χ1v) is 6.15. The minimum Gasteiger partial charge on any atom is -0.387 e. The fourth-order valence-electron chi connectivity index (χ4n) is 1.43. The van der Waals surface area contributed by atoms with Crippen molar-refractivity contribution >= 4 is 24.2 Å². The molecular weight excluding hydrogens is 228 g/mol. The summed E-state index contributed by atoms with van der Waals surface area (Å²) in [7, 11) is 0. The summed E-state index contributed by atoms with van der Waals surface area (Å²) in [5.41, 5.74) is 0.900. The Morgan fingerprint density at radius 3 is 2.47 bits per heavy atom. The van der Waals surface area contributed by atoms with Crippen molar-refractivity contribution in [3.05, 3.63) is 35.9 Å². The molecule has 3 atom stereocenters. The number of alkyl halides is 1. The lowest BCUT2D eigenvalue weighted by Crippen LogP contribution is -2.16. The van der Waals surface area contributed by atoms with Crippen molar-refractivity contribution in [2.75, 3.05) is 0 Å². The van der Waals surface area contributed by atoms with Gasteiger partial charge < -0.3 is 5.11 Å². The Hall–Kier alpha value is -0.180. The maximum absolute atomic E-state index is 10.00. The summed E-state index contributed by atoms with van der Waals surface area (Å²) in [6.07, 6.45) is 1.08. The fraction of sp³-hybridized carbons (Fsp3) is 0.500. The second-order valence-electron chi connectivity index (χ2n) is 3.66. The minimum absolute atomic E-state index is 0.0888. The van der Waals surface area contributed by atoms with Gasteiger partial charge in [-0.15, -0.1) is 11.6 Å². The van der Waals surface area contributed by atoms with Crippen LogP contribution in [0.3, 0.4) is 0 Å². The Morgan fingerprint density at radius 1 is 1.33 bits per heavy atom. The largest absolute Gasteiger partial charge is 0.387 e. The molecule has 0 spiro atoms. The van der Waals surface area contributed by atoms with Crippen LogP contribution in [-0.4, -0.2) is 15.7 Å². The quantitative estimate of drug-likeness (QED) is 0.601. The third-order valence-corrected chi connectivity index (χ3v) is 3.43. The number of aliphatic hydroxyl groups excluding tert-OH is 1. The van der Waals surface area contributed by atoms with E-state index in [-0.39, 0.29) is 10.6 Å². The van der Waals surface area contributed by atoms with Gasteiger partial charge in [-0.05, 0) is 18.4 Å². The molecule has 1 nitrogen and oxygen atoms in total. The van der Waals surface area contributed by atoms with Gasteiger partial charge in [-0.1, -0.05) is 37.3 Å². The third kappa shape index (κ3) is 4.06. The molecule has 0 saturated carbocycles. The van der Waals surface area contributed by atoms with Crippen molar-refractivity contribution < 1.29 is 5.11 Å². The van der Waals surface area contributed by atoms with Gasteiger partial charge in [0.05, 0.1) is 6.10 Å². The van der Waals surface area contributed by atoms with E-state index in [9.17, 15) is 5.11 Å². The zero-order valence-electron chi connectivity index (χ0n) is 8.81. The summed E-state index contributed by atoms with van der Waals surface area (Å²) in [5, 5.41) is 9.99. The molecule has 0 aliphatic carbocycles. The topological polar surface area (TPSA) is 20.2 Å². The lowest BCUT2D eigenvalue weighted by Gasteiger charge is -2.20. The van der Waals surface area contributed by atoms with E-state index >= 15 is 0 Å². The molecule has 1 aromatic rings. The predicted molar refractivity (Wildman–Crippen MR) is 68.7 cm³/mol. The van der Waals surface area contributed by atoms with E-state index in [4.69, 9.17) is 11.6 Å². The lowest BCUT2D eigenvalue weighted by atomic mass is 10.0. The number of benzene rings is 1. The van der Waals surface area contributed by atoms with Crippen LogP contribution in [0.15, 0.2) is 30.3 Å². The number of rotatable bonds is 5. The van der Waals surface area contributed by atoms with Gasteiger partial charge in [0.25, 0.3) is 0 Å². The molecule has 1 aromatic carbocycles. The third-order valence-electron chi connectivity index (χ3n) is 2.45. The Labute approximate surface area is 102 Å². The van der Waals surface area contributed by atoms with Crippen molar-refractivity contribution in [1.29, 1.82) is 0 Å². The summed E-state index contributed by atoms with van der Waals surface area (Å²) in [6.45, 7) is 2.03. The van der Waals surface area contributed by atoms with Gasteiger partial charge in [-0.3, -0.25) is 0 Å². The van der Waals surface area contributed by atoms with Crippen LogP contribution in [0.1, 0.15) is 31.4 Å². The van der Waals surface area contributed by atoms with Gasteiger partial charge >= 0.3 is 0 Å². The summed E-state index contributed by atoms with van der Waals surface area (Å²) in [5.74, 6) is 0. The average Bonchev–Trinajstić information content (AvgIpc) is 2.29. The smallest absolute Gasteiger partial charge is 0.0906 e. The normalized spacial score (nSPS) is 17.1. The van der Waals surface area contributed by atoms with Crippen molar-refractivity contribution in [1.82, 2.24) is 0 Å². The van der Waals surface area contributed by atoms with Crippen LogP contribution in [0.5, 0.6) is 0 Å². The van der Waals surface area contributed by atoms with Crippen molar-refractivity contribution in [3.63, 3.8) is 0 Å². The zero-order chi connectivity index (χ0) is 11.3. The van der Waals surface area contributed by atoms with E-state index < -0.39 is 6.10 Å². The molecule has 0 saturated heterocycles.